The number of carbonyl (C=O) groups is 1. The zero-order valence-electron chi connectivity index (χ0n) is 20.6. The number of hydrogen-bond donors (Lipinski definition) is 0. The summed E-state index contributed by atoms with van der Waals surface area (Å²) in [6, 6.07) is 29.7. The molecule has 34 heavy (non-hydrogen) atoms. The van der Waals surface area contributed by atoms with Crippen molar-refractivity contribution in [2.24, 2.45) is 0 Å². The quantitative estimate of drug-likeness (QED) is 0.472. The van der Waals surface area contributed by atoms with Gasteiger partial charge in [-0.05, 0) is 62.8 Å². The third-order valence-corrected chi connectivity index (χ3v) is 6.75. The van der Waals surface area contributed by atoms with E-state index in [0.29, 0.717) is 5.92 Å². The minimum atomic E-state index is 0.172. The van der Waals surface area contributed by atoms with Crippen LogP contribution in [0.5, 0.6) is 0 Å². The molecular weight excluding hydrogens is 418 g/mol. The Kier molecular flexibility index (Phi) is 8.51. The lowest BCUT2D eigenvalue weighted by Crippen LogP contribution is -2.36. The Morgan fingerprint density at radius 3 is 2.06 bits per heavy atom. The molecule has 4 heteroatoms. The smallest absolute Gasteiger partial charge is 0.254 e. The Morgan fingerprint density at radius 2 is 1.41 bits per heavy atom. The van der Waals surface area contributed by atoms with Crippen molar-refractivity contribution in [3.63, 3.8) is 0 Å². The van der Waals surface area contributed by atoms with Crippen molar-refractivity contribution in [2.45, 2.75) is 25.3 Å². The normalized spacial score (nSPS) is 15.0. The first-order chi connectivity index (χ1) is 16.6. The van der Waals surface area contributed by atoms with Crippen LogP contribution in [0.15, 0.2) is 84.9 Å². The van der Waals surface area contributed by atoms with Gasteiger partial charge in [-0.25, -0.2) is 0 Å². The van der Waals surface area contributed by atoms with Crippen molar-refractivity contribution >= 4 is 5.91 Å². The van der Waals surface area contributed by atoms with E-state index in [1.165, 1.54) is 11.1 Å². The summed E-state index contributed by atoms with van der Waals surface area (Å²) in [5.74, 6) is 0.562. The highest BCUT2D eigenvalue weighted by atomic mass is 16.2. The molecule has 1 heterocycles. The molecule has 1 amide bonds. The molecule has 0 radical (unpaired) electrons. The maximum absolute atomic E-state index is 13.4. The van der Waals surface area contributed by atoms with Crippen molar-refractivity contribution in [1.29, 1.82) is 0 Å². The second-order valence-electron chi connectivity index (χ2n) is 9.54. The molecule has 3 aromatic carbocycles. The van der Waals surface area contributed by atoms with Gasteiger partial charge in [-0.1, -0.05) is 78.9 Å². The number of benzene rings is 3. The van der Waals surface area contributed by atoms with Crippen LogP contribution in [0.2, 0.25) is 0 Å². The fourth-order valence-corrected chi connectivity index (χ4v) is 4.98. The maximum Gasteiger partial charge on any atom is 0.254 e. The molecule has 1 aliphatic heterocycles. The molecule has 3 aromatic rings. The molecule has 0 N–H and O–H groups in total. The van der Waals surface area contributed by atoms with Gasteiger partial charge in [-0.3, -0.25) is 4.79 Å². The Balaban J connectivity index is 1.39. The van der Waals surface area contributed by atoms with Gasteiger partial charge in [-0.2, -0.15) is 0 Å². The summed E-state index contributed by atoms with van der Waals surface area (Å²) in [6.45, 7) is 5.40. The molecule has 0 atom stereocenters. The molecule has 0 spiro atoms. The molecule has 0 aromatic heterocycles. The van der Waals surface area contributed by atoms with E-state index < -0.39 is 0 Å². The van der Waals surface area contributed by atoms with E-state index in [2.05, 4.69) is 81.4 Å². The van der Waals surface area contributed by atoms with Crippen LogP contribution in [0.3, 0.4) is 0 Å². The highest BCUT2D eigenvalue weighted by Gasteiger charge is 2.23. The molecule has 4 rings (SSSR count). The summed E-state index contributed by atoms with van der Waals surface area (Å²) < 4.78 is 0. The fourth-order valence-electron chi connectivity index (χ4n) is 4.98. The van der Waals surface area contributed by atoms with Gasteiger partial charge in [0, 0.05) is 37.7 Å². The van der Waals surface area contributed by atoms with Gasteiger partial charge in [0.1, 0.15) is 0 Å². The molecule has 1 aliphatic rings. The van der Waals surface area contributed by atoms with E-state index in [4.69, 9.17) is 0 Å². The van der Waals surface area contributed by atoms with E-state index in [1.807, 2.05) is 32.3 Å². The monoisotopic (exact) mass is 455 g/mol. The third kappa shape index (κ3) is 6.34. The Bertz CT molecular complexity index is 996. The molecule has 1 saturated heterocycles. The summed E-state index contributed by atoms with van der Waals surface area (Å²) in [5, 5.41) is 0. The van der Waals surface area contributed by atoms with Gasteiger partial charge in [0.05, 0.1) is 0 Å². The van der Waals surface area contributed by atoms with Crippen LogP contribution < -0.4 is 0 Å². The molecule has 4 nitrogen and oxygen atoms in total. The second kappa shape index (κ2) is 12.0. The first-order valence-corrected chi connectivity index (χ1v) is 12.5. The van der Waals surface area contributed by atoms with Crippen molar-refractivity contribution in [2.75, 3.05) is 46.8 Å². The predicted octanol–water partition coefficient (Wildman–Crippen LogP) is 5.12. The first-order valence-electron chi connectivity index (χ1n) is 12.5. The summed E-state index contributed by atoms with van der Waals surface area (Å²) in [4.78, 5) is 20.1. The first kappa shape index (κ1) is 24.2. The van der Waals surface area contributed by atoms with Gasteiger partial charge < -0.3 is 14.7 Å². The summed E-state index contributed by atoms with van der Waals surface area (Å²) in [7, 11) is 4.09. The zero-order valence-corrected chi connectivity index (χ0v) is 20.6. The molecule has 178 valence electrons. The van der Waals surface area contributed by atoms with E-state index in [0.717, 1.165) is 63.2 Å². The standard InChI is InChI=1S/C30H37N3O/c1-31(2)24-27-16-9-10-17-29(27)30(34)33-20-11-19-32(22-23-33)21-18-28(25-12-5-3-6-13-25)26-14-7-4-8-15-26/h3-10,12-17,28H,11,18-24H2,1-2H3. The van der Waals surface area contributed by atoms with E-state index in [9.17, 15) is 4.79 Å². The average molecular weight is 456 g/mol. The summed E-state index contributed by atoms with van der Waals surface area (Å²) in [5.41, 5.74) is 4.70. The van der Waals surface area contributed by atoms with Gasteiger partial charge in [0.25, 0.3) is 5.91 Å². The Morgan fingerprint density at radius 1 is 0.794 bits per heavy atom. The molecule has 0 saturated carbocycles. The van der Waals surface area contributed by atoms with Crippen molar-refractivity contribution in [3.8, 4) is 0 Å². The average Bonchev–Trinajstić information content (AvgIpc) is 3.11. The van der Waals surface area contributed by atoms with E-state index in [-0.39, 0.29) is 5.91 Å². The van der Waals surface area contributed by atoms with Crippen LogP contribution in [0.4, 0.5) is 0 Å². The fraction of sp³-hybridized carbons (Fsp3) is 0.367. The van der Waals surface area contributed by atoms with Crippen LogP contribution in [0.1, 0.15) is 45.8 Å². The number of carbonyl (C=O) groups excluding carboxylic acids is 1. The second-order valence-corrected chi connectivity index (χ2v) is 9.54. The zero-order chi connectivity index (χ0) is 23.8. The predicted molar refractivity (Wildman–Crippen MR) is 140 cm³/mol. The highest BCUT2D eigenvalue weighted by Crippen LogP contribution is 2.28. The minimum absolute atomic E-state index is 0.172. The maximum atomic E-state index is 13.4. The van der Waals surface area contributed by atoms with Crippen LogP contribution in [-0.4, -0.2) is 67.4 Å². The molecule has 0 unspecified atom stereocenters. The van der Waals surface area contributed by atoms with Crippen LogP contribution in [0, 0.1) is 0 Å². The topological polar surface area (TPSA) is 26.8 Å². The number of rotatable bonds is 8. The summed E-state index contributed by atoms with van der Waals surface area (Å²) in [6.07, 6.45) is 2.09. The van der Waals surface area contributed by atoms with Crippen LogP contribution in [0.25, 0.3) is 0 Å². The SMILES string of the molecule is CN(C)Cc1ccccc1C(=O)N1CCCN(CCC(c2ccccc2)c2ccccc2)CC1. The van der Waals surface area contributed by atoms with Gasteiger partial charge in [-0.15, -0.1) is 0 Å². The summed E-state index contributed by atoms with van der Waals surface area (Å²) >= 11 is 0. The van der Waals surface area contributed by atoms with E-state index >= 15 is 0 Å². The van der Waals surface area contributed by atoms with Crippen molar-refractivity contribution in [3.05, 3.63) is 107 Å². The van der Waals surface area contributed by atoms with Gasteiger partial charge in [0.15, 0.2) is 0 Å². The molecule has 1 fully saturated rings. The molecular formula is C30H37N3O. The minimum Gasteiger partial charge on any atom is -0.337 e. The highest BCUT2D eigenvalue weighted by molar-refractivity contribution is 5.95. The lowest BCUT2D eigenvalue weighted by Gasteiger charge is -2.25. The Labute approximate surface area is 204 Å². The lowest BCUT2D eigenvalue weighted by molar-refractivity contribution is 0.0759. The number of amides is 1. The largest absolute Gasteiger partial charge is 0.337 e. The van der Waals surface area contributed by atoms with Crippen LogP contribution in [-0.2, 0) is 6.54 Å². The number of hydrogen-bond acceptors (Lipinski definition) is 3. The van der Waals surface area contributed by atoms with Crippen molar-refractivity contribution < 1.29 is 4.79 Å². The number of nitrogens with zero attached hydrogens (tertiary/aromatic N) is 3. The van der Waals surface area contributed by atoms with Gasteiger partial charge in [0.2, 0.25) is 0 Å². The lowest BCUT2D eigenvalue weighted by atomic mass is 9.88. The third-order valence-electron chi connectivity index (χ3n) is 6.75. The van der Waals surface area contributed by atoms with Gasteiger partial charge >= 0.3 is 0 Å². The Hall–Kier alpha value is -2.95. The van der Waals surface area contributed by atoms with Crippen molar-refractivity contribution in [1.82, 2.24) is 14.7 Å². The molecule has 0 bridgehead atoms. The van der Waals surface area contributed by atoms with E-state index in [1.54, 1.807) is 0 Å². The van der Waals surface area contributed by atoms with Crippen LogP contribution >= 0.6 is 0 Å². The molecule has 0 aliphatic carbocycles.